The van der Waals surface area contributed by atoms with Crippen LogP contribution in [0.4, 0.5) is 0 Å². The third-order valence-corrected chi connectivity index (χ3v) is 4.15. The molecule has 0 saturated heterocycles. The predicted octanol–water partition coefficient (Wildman–Crippen LogP) is 2.38. The van der Waals surface area contributed by atoms with Gasteiger partial charge in [-0.3, -0.25) is 9.89 Å². The van der Waals surface area contributed by atoms with Gasteiger partial charge in [-0.05, 0) is 31.4 Å². The van der Waals surface area contributed by atoms with Crippen molar-refractivity contribution in [3.05, 3.63) is 17.5 Å². The number of halogens is 1. The van der Waals surface area contributed by atoms with Crippen LogP contribution in [0.2, 0.25) is 0 Å². The Hall–Kier alpha value is -1.07. The molecule has 4 N–H and O–H groups in total. The summed E-state index contributed by atoms with van der Waals surface area (Å²) >= 11 is 0. The zero-order chi connectivity index (χ0) is 14.8. The highest BCUT2D eigenvalue weighted by atomic mass is 35.5. The molecule has 21 heavy (non-hydrogen) atoms. The Balaban J connectivity index is 0.00000220. The standard InChI is InChI=1S/C15H26N4O.ClH/c1-15(2,3)13-8-12(18-19-13)14(20)17-11-7-5-4-6-10(11)9-16;/h8,10-11H,4-7,9,16H2,1-3H3,(H,17,20)(H,18,19);1H. The maximum atomic E-state index is 12.3. The zero-order valence-corrected chi connectivity index (χ0v) is 13.9. The number of nitrogens with one attached hydrogen (secondary N) is 2. The lowest BCUT2D eigenvalue weighted by Crippen LogP contribution is -2.44. The zero-order valence-electron chi connectivity index (χ0n) is 13.1. The molecule has 0 aromatic carbocycles. The molecule has 6 heteroatoms. The summed E-state index contributed by atoms with van der Waals surface area (Å²) in [5, 5.41) is 10.2. The molecule has 120 valence electrons. The van der Waals surface area contributed by atoms with Gasteiger partial charge in [0.05, 0.1) is 0 Å². The lowest BCUT2D eigenvalue weighted by molar-refractivity contribution is 0.0903. The van der Waals surface area contributed by atoms with Gasteiger partial charge in [-0.2, -0.15) is 5.10 Å². The van der Waals surface area contributed by atoms with Gasteiger partial charge in [0.15, 0.2) is 0 Å². The molecule has 1 saturated carbocycles. The third-order valence-electron chi connectivity index (χ3n) is 4.15. The average molecular weight is 315 g/mol. The lowest BCUT2D eigenvalue weighted by Gasteiger charge is -2.31. The van der Waals surface area contributed by atoms with Crippen LogP contribution in [0, 0.1) is 5.92 Å². The second kappa shape index (κ2) is 7.27. The Bertz CT molecular complexity index is 466. The fraction of sp³-hybridized carbons (Fsp3) is 0.733. The number of aromatic nitrogens is 2. The Morgan fingerprint density at radius 3 is 2.67 bits per heavy atom. The molecule has 0 spiro atoms. The Morgan fingerprint density at radius 2 is 2.10 bits per heavy atom. The van der Waals surface area contributed by atoms with Crippen molar-refractivity contribution in [2.45, 2.75) is 57.9 Å². The summed E-state index contributed by atoms with van der Waals surface area (Å²) in [5.41, 5.74) is 7.21. The van der Waals surface area contributed by atoms with Gasteiger partial charge < -0.3 is 11.1 Å². The van der Waals surface area contributed by atoms with Crippen molar-refractivity contribution in [3.8, 4) is 0 Å². The predicted molar refractivity (Wildman–Crippen MR) is 86.8 cm³/mol. The molecule has 1 fully saturated rings. The minimum Gasteiger partial charge on any atom is -0.348 e. The molecule has 2 atom stereocenters. The van der Waals surface area contributed by atoms with E-state index < -0.39 is 0 Å². The van der Waals surface area contributed by atoms with Crippen molar-refractivity contribution in [1.82, 2.24) is 15.5 Å². The van der Waals surface area contributed by atoms with Crippen LogP contribution in [-0.4, -0.2) is 28.7 Å². The van der Waals surface area contributed by atoms with E-state index in [9.17, 15) is 4.79 Å². The van der Waals surface area contributed by atoms with Crippen molar-refractivity contribution in [3.63, 3.8) is 0 Å². The van der Waals surface area contributed by atoms with E-state index >= 15 is 0 Å². The van der Waals surface area contributed by atoms with E-state index in [1.54, 1.807) is 0 Å². The van der Waals surface area contributed by atoms with E-state index in [0.29, 0.717) is 18.2 Å². The second-order valence-electron chi connectivity index (χ2n) is 6.78. The van der Waals surface area contributed by atoms with Crippen LogP contribution in [0.15, 0.2) is 6.07 Å². The van der Waals surface area contributed by atoms with E-state index in [1.807, 2.05) is 6.07 Å². The van der Waals surface area contributed by atoms with Crippen LogP contribution in [0.1, 0.15) is 62.6 Å². The van der Waals surface area contributed by atoms with Crippen molar-refractivity contribution in [2.75, 3.05) is 6.54 Å². The topological polar surface area (TPSA) is 83.8 Å². The van der Waals surface area contributed by atoms with Crippen molar-refractivity contribution >= 4 is 18.3 Å². The second-order valence-corrected chi connectivity index (χ2v) is 6.78. The highest BCUT2D eigenvalue weighted by Crippen LogP contribution is 2.24. The van der Waals surface area contributed by atoms with Gasteiger partial charge in [0, 0.05) is 17.2 Å². The van der Waals surface area contributed by atoms with E-state index in [-0.39, 0.29) is 29.8 Å². The van der Waals surface area contributed by atoms with E-state index in [2.05, 4.69) is 36.3 Å². The van der Waals surface area contributed by atoms with Gasteiger partial charge in [0.25, 0.3) is 5.91 Å². The van der Waals surface area contributed by atoms with E-state index in [1.165, 1.54) is 6.42 Å². The Labute approximate surface area is 132 Å². The number of carbonyl (C=O) groups excluding carboxylic acids is 1. The van der Waals surface area contributed by atoms with E-state index in [0.717, 1.165) is 25.0 Å². The highest BCUT2D eigenvalue weighted by molar-refractivity contribution is 5.92. The first-order chi connectivity index (χ1) is 9.41. The van der Waals surface area contributed by atoms with Gasteiger partial charge in [0.1, 0.15) is 5.69 Å². The molecular formula is C15H27ClN4O. The first kappa shape index (κ1) is 18.0. The molecule has 2 rings (SSSR count). The van der Waals surface area contributed by atoms with Crippen LogP contribution < -0.4 is 11.1 Å². The average Bonchev–Trinajstić information content (AvgIpc) is 2.89. The fourth-order valence-corrected chi connectivity index (χ4v) is 2.74. The first-order valence-electron chi connectivity index (χ1n) is 7.48. The SMILES string of the molecule is CC(C)(C)c1cc(C(=O)NC2CCCCC2CN)n[nH]1.Cl. The van der Waals surface area contributed by atoms with Crippen molar-refractivity contribution in [1.29, 1.82) is 0 Å². The van der Waals surface area contributed by atoms with Crippen LogP contribution >= 0.6 is 12.4 Å². The van der Waals surface area contributed by atoms with Crippen LogP contribution in [0.25, 0.3) is 0 Å². The summed E-state index contributed by atoms with van der Waals surface area (Å²) in [6.45, 7) is 6.91. The number of H-pyrrole nitrogens is 1. The number of nitrogens with zero attached hydrogens (tertiary/aromatic N) is 1. The first-order valence-corrected chi connectivity index (χ1v) is 7.48. The number of aromatic amines is 1. The molecule has 1 amide bonds. The summed E-state index contributed by atoms with van der Waals surface area (Å²) in [6, 6.07) is 2.03. The molecule has 5 nitrogen and oxygen atoms in total. The minimum atomic E-state index is -0.0953. The molecule has 0 aliphatic heterocycles. The minimum absolute atomic E-state index is 0. The lowest BCUT2D eigenvalue weighted by atomic mass is 9.84. The van der Waals surface area contributed by atoms with Gasteiger partial charge in [0.2, 0.25) is 0 Å². The number of carbonyl (C=O) groups is 1. The Kier molecular flexibility index (Phi) is 6.23. The summed E-state index contributed by atoms with van der Waals surface area (Å²) in [7, 11) is 0. The quantitative estimate of drug-likeness (QED) is 0.801. The number of hydrogen-bond acceptors (Lipinski definition) is 3. The summed E-state index contributed by atoms with van der Waals surface area (Å²) < 4.78 is 0. The third kappa shape index (κ3) is 4.45. The van der Waals surface area contributed by atoms with E-state index in [4.69, 9.17) is 5.73 Å². The normalized spacial score (nSPS) is 22.5. The molecular weight excluding hydrogens is 288 g/mol. The molecule has 1 aliphatic carbocycles. The summed E-state index contributed by atoms with van der Waals surface area (Å²) in [6.07, 6.45) is 4.50. The molecule has 1 aliphatic rings. The van der Waals surface area contributed by atoms with Gasteiger partial charge in [-0.25, -0.2) is 0 Å². The molecule has 0 bridgehead atoms. The largest absolute Gasteiger partial charge is 0.348 e. The number of nitrogens with two attached hydrogens (primary N) is 1. The summed E-state index contributed by atoms with van der Waals surface area (Å²) in [4.78, 5) is 12.3. The maximum absolute atomic E-state index is 12.3. The van der Waals surface area contributed by atoms with Crippen LogP contribution in [0.3, 0.4) is 0 Å². The van der Waals surface area contributed by atoms with Gasteiger partial charge in [-0.1, -0.05) is 33.6 Å². The fourth-order valence-electron chi connectivity index (χ4n) is 2.74. The van der Waals surface area contributed by atoms with Crippen molar-refractivity contribution in [2.24, 2.45) is 11.7 Å². The molecule has 1 heterocycles. The smallest absolute Gasteiger partial charge is 0.272 e. The van der Waals surface area contributed by atoms with Crippen molar-refractivity contribution < 1.29 is 4.79 Å². The highest BCUT2D eigenvalue weighted by Gasteiger charge is 2.27. The molecule has 1 aromatic heterocycles. The summed E-state index contributed by atoms with van der Waals surface area (Å²) in [5.74, 6) is 0.302. The maximum Gasteiger partial charge on any atom is 0.272 e. The number of hydrogen-bond donors (Lipinski definition) is 3. The van der Waals surface area contributed by atoms with Crippen LogP contribution in [-0.2, 0) is 5.41 Å². The monoisotopic (exact) mass is 314 g/mol. The number of rotatable bonds is 3. The Morgan fingerprint density at radius 1 is 1.43 bits per heavy atom. The molecule has 2 unspecified atom stereocenters. The number of amides is 1. The molecule has 0 radical (unpaired) electrons. The van der Waals surface area contributed by atoms with Gasteiger partial charge in [-0.15, -0.1) is 12.4 Å². The molecule has 1 aromatic rings. The van der Waals surface area contributed by atoms with Gasteiger partial charge >= 0.3 is 0 Å². The van der Waals surface area contributed by atoms with Crippen LogP contribution in [0.5, 0.6) is 0 Å².